The van der Waals surface area contributed by atoms with Gasteiger partial charge in [-0.1, -0.05) is 0 Å². The molecule has 2 aliphatic heterocycles. The second-order valence-corrected chi connectivity index (χ2v) is 5.43. The van der Waals surface area contributed by atoms with Crippen LogP contribution in [0.4, 0.5) is 0 Å². The van der Waals surface area contributed by atoms with Gasteiger partial charge in [-0.05, 0) is 26.5 Å². The zero-order chi connectivity index (χ0) is 13.4. The van der Waals surface area contributed by atoms with Gasteiger partial charge in [-0.3, -0.25) is 9.69 Å². The van der Waals surface area contributed by atoms with Crippen LogP contribution in [0.2, 0.25) is 0 Å². The van der Waals surface area contributed by atoms with E-state index in [1.807, 2.05) is 17.9 Å². The summed E-state index contributed by atoms with van der Waals surface area (Å²) in [6.07, 6.45) is 2.74. The van der Waals surface area contributed by atoms with Crippen molar-refractivity contribution in [2.45, 2.75) is 25.5 Å². The molecule has 5 nitrogen and oxygen atoms in total. The lowest BCUT2D eigenvalue weighted by Gasteiger charge is -2.45. The number of amides is 1. The topological polar surface area (TPSA) is 45.9 Å². The number of aryl methyl sites for hydroxylation is 1. The molecule has 2 aliphatic rings. The van der Waals surface area contributed by atoms with Gasteiger partial charge >= 0.3 is 0 Å². The van der Waals surface area contributed by atoms with Crippen LogP contribution in [-0.4, -0.2) is 61.1 Å². The minimum atomic E-state index is -0.0000709. The monoisotopic (exact) mass is 264 g/mol. The molecule has 0 aliphatic carbocycles. The highest BCUT2D eigenvalue weighted by Crippen LogP contribution is 2.23. The van der Waals surface area contributed by atoms with Gasteiger partial charge in [0.05, 0.1) is 25.0 Å². The number of nitrogens with zero attached hydrogens (tertiary/aromatic N) is 2. The molecule has 0 spiro atoms. The zero-order valence-electron chi connectivity index (χ0n) is 11.5. The van der Waals surface area contributed by atoms with Gasteiger partial charge in [0.2, 0.25) is 0 Å². The van der Waals surface area contributed by atoms with Crippen LogP contribution < -0.4 is 0 Å². The standard InChI is InChI=1S/C14H20N2O3/c1-10-4-7-19-13(10)14(17)16-5-3-12-11(9-16)15(2)6-8-18-12/h4,7,11-12H,3,5-6,8-9H2,1-2H3/t11-,12-/m0/s1. The summed E-state index contributed by atoms with van der Waals surface area (Å²) >= 11 is 0. The number of morpholine rings is 1. The zero-order valence-corrected chi connectivity index (χ0v) is 11.5. The van der Waals surface area contributed by atoms with Crippen LogP contribution in [0.3, 0.4) is 0 Å². The van der Waals surface area contributed by atoms with E-state index in [4.69, 9.17) is 9.15 Å². The Labute approximate surface area is 113 Å². The summed E-state index contributed by atoms with van der Waals surface area (Å²) in [5.74, 6) is 0.470. The van der Waals surface area contributed by atoms with Crippen LogP contribution in [0.15, 0.2) is 16.7 Å². The van der Waals surface area contributed by atoms with E-state index < -0.39 is 0 Å². The number of carbonyl (C=O) groups is 1. The van der Waals surface area contributed by atoms with Crippen molar-refractivity contribution in [3.05, 3.63) is 23.7 Å². The van der Waals surface area contributed by atoms with Gasteiger partial charge in [0.25, 0.3) is 5.91 Å². The number of hydrogen-bond acceptors (Lipinski definition) is 4. The fourth-order valence-corrected chi connectivity index (χ4v) is 2.96. The minimum Gasteiger partial charge on any atom is -0.459 e. The molecule has 5 heteroatoms. The van der Waals surface area contributed by atoms with Gasteiger partial charge in [-0.15, -0.1) is 0 Å². The highest BCUT2D eigenvalue weighted by atomic mass is 16.5. The van der Waals surface area contributed by atoms with Gasteiger partial charge < -0.3 is 14.1 Å². The molecule has 0 saturated carbocycles. The Balaban J connectivity index is 1.73. The van der Waals surface area contributed by atoms with Crippen LogP contribution in [-0.2, 0) is 4.74 Å². The first-order chi connectivity index (χ1) is 9.16. The van der Waals surface area contributed by atoms with E-state index in [0.717, 1.165) is 38.2 Å². The normalized spacial score (nSPS) is 28.2. The fourth-order valence-electron chi connectivity index (χ4n) is 2.96. The second-order valence-electron chi connectivity index (χ2n) is 5.43. The van der Waals surface area contributed by atoms with Gasteiger partial charge in [0, 0.05) is 25.2 Å². The number of fused-ring (bicyclic) bond motifs is 1. The molecule has 104 valence electrons. The Morgan fingerprint density at radius 1 is 1.42 bits per heavy atom. The smallest absolute Gasteiger partial charge is 0.289 e. The average Bonchev–Trinajstić information content (AvgIpc) is 2.84. The van der Waals surface area contributed by atoms with E-state index in [-0.39, 0.29) is 12.0 Å². The third-order valence-corrected chi connectivity index (χ3v) is 4.21. The third-order valence-electron chi connectivity index (χ3n) is 4.21. The molecule has 2 fully saturated rings. The largest absolute Gasteiger partial charge is 0.459 e. The Morgan fingerprint density at radius 2 is 2.26 bits per heavy atom. The molecule has 2 atom stereocenters. The maximum absolute atomic E-state index is 12.4. The van der Waals surface area contributed by atoms with Crippen LogP contribution in [0.25, 0.3) is 0 Å². The van der Waals surface area contributed by atoms with Crippen molar-refractivity contribution >= 4 is 5.91 Å². The molecule has 1 aromatic heterocycles. The first-order valence-corrected chi connectivity index (χ1v) is 6.82. The van der Waals surface area contributed by atoms with Crippen LogP contribution in [0.5, 0.6) is 0 Å². The van der Waals surface area contributed by atoms with Gasteiger partial charge in [0.15, 0.2) is 5.76 Å². The van der Waals surface area contributed by atoms with E-state index in [0.29, 0.717) is 11.8 Å². The molecule has 2 saturated heterocycles. The Morgan fingerprint density at radius 3 is 3.00 bits per heavy atom. The van der Waals surface area contributed by atoms with Crippen molar-refractivity contribution in [3.63, 3.8) is 0 Å². The van der Waals surface area contributed by atoms with Gasteiger partial charge in [-0.25, -0.2) is 0 Å². The second kappa shape index (κ2) is 4.98. The molecular formula is C14H20N2O3. The summed E-state index contributed by atoms with van der Waals surface area (Å²) in [7, 11) is 2.10. The summed E-state index contributed by atoms with van der Waals surface area (Å²) < 4.78 is 11.1. The minimum absolute atomic E-state index is 0.0000709. The quantitative estimate of drug-likeness (QED) is 0.763. The van der Waals surface area contributed by atoms with Crippen LogP contribution >= 0.6 is 0 Å². The highest BCUT2D eigenvalue weighted by molar-refractivity contribution is 5.92. The lowest BCUT2D eigenvalue weighted by molar-refractivity contribution is -0.0896. The van der Waals surface area contributed by atoms with E-state index in [1.165, 1.54) is 0 Å². The van der Waals surface area contributed by atoms with Gasteiger partial charge in [-0.2, -0.15) is 0 Å². The number of piperidine rings is 1. The number of ether oxygens (including phenoxy) is 1. The number of likely N-dealkylation sites (N-methyl/N-ethyl adjacent to an activating group) is 1. The molecule has 1 amide bonds. The molecule has 19 heavy (non-hydrogen) atoms. The molecule has 1 aromatic rings. The molecule has 0 radical (unpaired) electrons. The van der Waals surface area contributed by atoms with E-state index in [1.54, 1.807) is 6.26 Å². The number of likely N-dealkylation sites (tertiary alicyclic amines) is 1. The summed E-state index contributed by atoms with van der Waals surface area (Å²) in [6, 6.07) is 2.14. The number of hydrogen-bond donors (Lipinski definition) is 0. The van der Waals surface area contributed by atoms with Crippen molar-refractivity contribution in [1.29, 1.82) is 0 Å². The van der Waals surface area contributed by atoms with Crippen molar-refractivity contribution in [3.8, 4) is 0 Å². The predicted octanol–water partition coefficient (Wildman–Crippen LogP) is 1.13. The van der Waals surface area contributed by atoms with E-state index >= 15 is 0 Å². The molecule has 0 unspecified atom stereocenters. The lowest BCUT2D eigenvalue weighted by atomic mass is 9.99. The maximum atomic E-state index is 12.4. The van der Waals surface area contributed by atoms with Gasteiger partial charge in [0.1, 0.15) is 0 Å². The third kappa shape index (κ3) is 2.28. The van der Waals surface area contributed by atoms with E-state index in [2.05, 4.69) is 11.9 Å². The van der Waals surface area contributed by atoms with Crippen molar-refractivity contribution in [2.24, 2.45) is 0 Å². The average molecular weight is 264 g/mol. The maximum Gasteiger partial charge on any atom is 0.289 e. The number of furan rings is 1. The number of carbonyl (C=O) groups excluding carboxylic acids is 1. The Kier molecular flexibility index (Phi) is 3.33. The predicted molar refractivity (Wildman–Crippen MR) is 70.1 cm³/mol. The SMILES string of the molecule is Cc1ccoc1C(=O)N1CC[C@@H]2OCCN(C)[C@H]2C1. The van der Waals surface area contributed by atoms with Crippen LogP contribution in [0.1, 0.15) is 22.5 Å². The van der Waals surface area contributed by atoms with Crippen molar-refractivity contribution < 1.29 is 13.9 Å². The molecule has 0 aromatic carbocycles. The molecule has 3 rings (SSSR count). The van der Waals surface area contributed by atoms with Crippen molar-refractivity contribution in [2.75, 3.05) is 33.3 Å². The summed E-state index contributed by atoms with van der Waals surface area (Å²) in [4.78, 5) is 16.6. The highest BCUT2D eigenvalue weighted by Gasteiger charge is 2.37. The van der Waals surface area contributed by atoms with Crippen LogP contribution in [0, 0.1) is 6.92 Å². The fraction of sp³-hybridized carbons (Fsp3) is 0.643. The van der Waals surface area contributed by atoms with E-state index in [9.17, 15) is 4.79 Å². The first-order valence-electron chi connectivity index (χ1n) is 6.82. The summed E-state index contributed by atoms with van der Waals surface area (Å²) in [5.41, 5.74) is 0.903. The molecule has 3 heterocycles. The lowest BCUT2D eigenvalue weighted by Crippen LogP contribution is -2.59. The van der Waals surface area contributed by atoms with Crippen molar-refractivity contribution in [1.82, 2.24) is 9.80 Å². The molecule has 0 N–H and O–H groups in total. The molecular weight excluding hydrogens is 244 g/mol. The molecule has 0 bridgehead atoms. The summed E-state index contributed by atoms with van der Waals surface area (Å²) in [5, 5.41) is 0. The first kappa shape index (κ1) is 12.7. The number of rotatable bonds is 1. The summed E-state index contributed by atoms with van der Waals surface area (Å²) in [6.45, 7) is 5.10. The Bertz CT molecular complexity index is 471. The Hall–Kier alpha value is -1.33.